The number of fused-ring (bicyclic) bond motifs is 2. The first-order valence-electron chi connectivity index (χ1n) is 11.9. The van der Waals surface area contributed by atoms with E-state index in [1.807, 2.05) is 5.38 Å². The number of amidine groups is 1. The fourth-order valence-electron chi connectivity index (χ4n) is 5.43. The summed E-state index contributed by atoms with van der Waals surface area (Å²) in [6, 6.07) is 3.49. The second kappa shape index (κ2) is 10.9. The molecule has 9 nitrogen and oxygen atoms in total. The molecule has 1 aromatic carbocycles. The number of nitrogens with one attached hydrogen (secondary N) is 1. The molecular formula is C25H26ClFN4O5S. The minimum absolute atomic E-state index is 0.0107. The fraction of sp³-hybridized carbons (Fsp3) is 0.440. The summed E-state index contributed by atoms with van der Waals surface area (Å²) in [5.41, 5.74) is 1.15. The molecule has 37 heavy (non-hydrogen) atoms. The zero-order valence-corrected chi connectivity index (χ0v) is 21.6. The standard InChI is InChI=1S/C25H26ClFN4O5S/c1-35-25(34)20-18(10-31-14-7-13(9-19(32)33)8-15(31)12-36-11-14)29-23(24-28-5-6-37-24)30-22(20)16-3-2-4-17(27)21(16)26/h2-6,13-15,22H,7-12H2,1H3,(H,29,30)(H,32,33)/t13-,14+,15-,22-/m0/s1. The summed E-state index contributed by atoms with van der Waals surface area (Å²) < 4.78 is 25.4. The molecule has 2 bridgehead atoms. The van der Waals surface area contributed by atoms with Crippen LogP contribution in [0.3, 0.4) is 0 Å². The van der Waals surface area contributed by atoms with Crippen LogP contribution in [0.25, 0.3) is 0 Å². The van der Waals surface area contributed by atoms with E-state index < -0.39 is 23.8 Å². The molecule has 0 saturated carbocycles. The molecule has 2 aromatic rings. The Morgan fingerprint density at radius 3 is 2.73 bits per heavy atom. The zero-order chi connectivity index (χ0) is 26.1. The van der Waals surface area contributed by atoms with Crippen LogP contribution in [0.5, 0.6) is 0 Å². The molecule has 4 heterocycles. The Bertz CT molecular complexity index is 1240. The van der Waals surface area contributed by atoms with Crippen molar-refractivity contribution in [2.75, 3.05) is 26.9 Å². The van der Waals surface area contributed by atoms with Crippen molar-refractivity contribution >= 4 is 40.7 Å². The van der Waals surface area contributed by atoms with Crippen molar-refractivity contribution in [3.8, 4) is 0 Å². The Labute approximate surface area is 221 Å². The van der Waals surface area contributed by atoms with E-state index in [1.54, 1.807) is 12.3 Å². The number of thiazole rings is 1. The number of carboxylic acid groups (broad SMARTS) is 1. The molecule has 5 rings (SSSR count). The number of aromatic nitrogens is 1. The highest BCUT2D eigenvalue weighted by Gasteiger charge is 2.42. The molecule has 0 radical (unpaired) electrons. The summed E-state index contributed by atoms with van der Waals surface area (Å²) in [6.45, 7) is 1.29. The number of methoxy groups -OCH3 is 1. The van der Waals surface area contributed by atoms with Crippen LogP contribution < -0.4 is 5.32 Å². The van der Waals surface area contributed by atoms with E-state index >= 15 is 0 Å². The first kappa shape index (κ1) is 25.8. The lowest BCUT2D eigenvalue weighted by Crippen LogP contribution is -2.58. The third-order valence-electron chi connectivity index (χ3n) is 7.02. The average Bonchev–Trinajstić information content (AvgIpc) is 3.40. The van der Waals surface area contributed by atoms with Gasteiger partial charge in [-0.25, -0.2) is 14.2 Å². The first-order valence-corrected chi connectivity index (χ1v) is 13.2. The van der Waals surface area contributed by atoms with Crippen LogP contribution in [0.15, 0.2) is 46.0 Å². The van der Waals surface area contributed by atoms with Gasteiger partial charge >= 0.3 is 11.9 Å². The minimum Gasteiger partial charge on any atom is -0.481 e. The van der Waals surface area contributed by atoms with E-state index in [-0.39, 0.29) is 35.0 Å². The van der Waals surface area contributed by atoms with Gasteiger partial charge < -0.3 is 19.9 Å². The number of nitrogens with zero attached hydrogens (tertiary/aromatic N) is 3. The van der Waals surface area contributed by atoms with Gasteiger partial charge in [0.2, 0.25) is 0 Å². The second-order valence-corrected chi connectivity index (χ2v) is 10.6. The molecule has 4 atom stereocenters. The summed E-state index contributed by atoms with van der Waals surface area (Å²) in [6.07, 6.45) is 3.13. The highest BCUT2D eigenvalue weighted by Crippen LogP contribution is 2.39. The van der Waals surface area contributed by atoms with Crippen LogP contribution in [0.2, 0.25) is 5.02 Å². The topological polar surface area (TPSA) is 113 Å². The maximum Gasteiger partial charge on any atom is 0.338 e. The number of benzene rings is 1. The Kier molecular flexibility index (Phi) is 7.57. The van der Waals surface area contributed by atoms with Crippen molar-refractivity contribution < 1.29 is 28.6 Å². The molecule has 2 N–H and O–H groups in total. The number of piperidine rings is 1. The number of halogens is 2. The van der Waals surface area contributed by atoms with Gasteiger partial charge in [-0.3, -0.25) is 14.7 Å². The lowest BCUT2D eigenvalue weighted by atomic mass is 9.82. The maximum absolute atomic E-state index is 14.5. The number of esters is 1. The highest BCUT2D eigenvalue weighted by molar-refractivity contribution is 7.11. The molecule has 2 fully saturated rings. The Morgan fingerprint density at radius 1 is 1.32 bits per heavy atom. The summed E-state index contributed by atoms with van der Waals surface area (Å²) >= 11 is 7.74. The smallest absolute Gasteiger partial charge is 0.338 e. The van der Waals surface area contributed by atoms with Crippen LogP contribution in [0.1, 0.15) is 35.9 Å². The molecule has 0 amide bonds. The van der Waals surface area contributed by atoms with Crippen molar-refractivity contribution in [3.05, 3.63) is 62.5 Å². The Morgan fingerprint density at radius 2 is 2.08 bits per heavy atom. The number of hydrogen-bond acceptors (Lipinski definition) is 9. The molecule has 2 saturated heterocycles. The van der Waals surface area contributed by atoms with Crippen molar-refractivity contribution in [3.63, 3.8) is 0 Å². The molecule has 196 valence electrons. The predicted molar refractivity (Wildman–Crippen MR) is 135 cm³/mol. The SMILES string of the molecule is COC(=O)C1=C(CN2[C@@H]3COC[C@H]2C[C@H](CC(=O)O)C3)NC(c2nccs2)=N[C@H]1c1cccc(F)c1Cl. The number of rotatable bonds is 7. The Balaban J connectivity index is 1.55. The third-order valence-corrected chi connectivity index (χ3v) is 8.19. The van der Waals surface area contributed by atoms with E-state index in [2.05, 4.69) is 15.2 Å². The third kappa shape index (κ3) is 5.26. The van der Waals surface area contributed by atoms with E-state index in [0.29, 0.717) is 54.7 Å². The lowest BCUT2D eigenvalue weighted by molar-refractivity contribution is -0.141. The largest absolute Gasteiger partial charge is 0.481 e. The van der Waals surface area contributed by atoms with Crippen LogP contribution in [-0.4, -0.2) is 71.7 Å². The fourth-order valence-corrected chi connectivity index (χ4v) is 6.25. The lowest BCUT2D eigenvalue weighted by Gasteiger charge is -2.49. The quantitative estimate of drug-likeness (QED) is 0.506. The van der Waals surface area contributed by atoms with Crippen molar-refractivity contribution in [2.24, 2.45) is 10.9 Å². The van der Waals surface area contributed by atoms with Gasteiger partial charge in [0.05, 0.1) is 30.9 Å². The van der Waals surface area contributed by atoms with Gasteiger partial charge in [-0.05, 0) is 24.8 Å². The van der Waals surface area contributed by atoms with Gasteiger partial charge in [0, 0.05) is 47.9 Å². The minimum atomic E-state index is -0.911. The number of hydrogen-bond donors (Lipinski definition) is 2. The van der Waals surface area contributed by atoms with Gasteiger partial charge in [-0.1, -0.05) is 23.7 Å². The van der Waals surface area contributed by atoms with E-state index in [9.17, 15) is 19.1 Å². The zero-order valence-electron chi connectivity index (χ0n) is 20.0. The molecular weight excluding hydrogens is 523 g/mol. The molecule has 3 aliphatic rings. The Hall–Kier alpha value is -2.86. The van der Waals surface area contributed by atoms with Gasteiger partial charge in [-0.15, -0.1) is 11.3 Å². The maximum atomic E-state index is 14.5. The number of carbonyl (C=O) groups excluding carboxylic acids is 1. The number of ether oxygens (including phenoxy) is 2. The first-order chi connectivity index (χ1) is 17.9. The summed E-state index contributed by atoms with van der Waals surface area (Å²) in [5.74, 6) is -1.50. The van der Waals surface area contributed by atoms with Gasteiger partial charge in [0.1, 0.15) is 11.9 Å². The van der Waals surface area contributed by atoms with Gasteiger partial charge in [0.15, 0.2) is 10.8 Å². The van der Waals surface area contributed by atoms with Crippen LogP contribution in [0.4, 0.5) is 4.39 Å². The molecule has 12 heteroatoms. The van der Waals surface area contributed by atoms with Gasteiger partial charge in [-0.2, -0.15) is 0 Å². The highest BCUT2D eigenvalue weighted by atomic mass is 35.5. The van der Waals surface area contributed by atoms with E-state index in [4.69, 9.17) is 26.1 Å². The second-order valence-electron chi connectivity index (χ2n) is 9.32. The number of morpholine rings is 1. The van der Waals surface area contributed by atoms with Gasteiger partial charge in [0.25, 0.3) is 0 Å². The van der Waals surface area contributed by atoms with Crippen LogP contribution in [-0.2, 0) is 19.1 Å². The number of carboxylic acids is 1. The van der Waals surface area contributed by atoms with E-state index in [1.165, 1.54) is 30.6 Å². The van der Waals surface area contributed by atoms with Crippen molar-refractivity contribution in [1.29, 1.82) is 0 Å². The number of aliphatic imine (C=N–C) groups is 1. The van der Waals surface area contributed by atoms with Crippen LogP contribution >= 0.6 is 22.9 Å². The molecule has 0 spiro atoms. The van der Waals surface area contributed by atoms with E-state index in [0.717, 1.165) is 0 Å². The predicted octanol–water partition coefficient (Wildman–Crippen LogP) is 3.41. The van der Waals surface area contributed by atoms with Crippen molar-refractivity contribution in [2.45, 2.75) is 37.4 Å². The molecule has 1 aromatic heterocycles. The van der Waals surface area contributed by atoms with Crippen molar-refractivity contribution in [1.82, 2.24) is 15.2 Å². The molecule has 0 unspecified atom stereocenters. The number of carbonyl (C=O) groups is 2. The number of aliphatic carboxylic acids is 1. The molecule has 3 aliphatic heterocycles. The normalized spacial score (nSPS) is 25.9. The summed E-state index contributed by atoms with van der Waals surface area (Å²) in [7, 11) is 1.29. The monoisotopic (exact) mass is 548 g/mol. The molecule has 0 aliphatic carbocycles. The van der Waals surface area contributed by atoms with Crippen LogP contribution in [0, 0.1) is 11.7 Å². The summed E-state index contributed by atoms with van der Waals surface area (Å²) in [4.78, 5) is 35.9. The average molecular weight is 549 g/mol. The summed E-state index contributed by atoms with van der Waals surface area (Å²) in [5, 5.41) is 14.9.